The van der Waals surface area contributed by atoms with E-state index in [1.54, 1.807) is 37.4 Å². The molecule has 1 N–H and O–H groups in total. The molecule has 0 aromatic heterocycles. The van der Waals surface area contributed by atoms with E-state index in [9.17, 15) is 14.4 Å². The second-order valence-electron chi connectivity index (χ2n) is 7.58. The topological polar surface area (TPSA) is 79.0 Å². The first-order valence-corrected chi connectivity index (χ1v) is 11.3. The summed E-state index contributed by atoms with van der Waals surface area (Å²) in [6, 6.07) is 12.4. The van der Waals surface area contributed by atoms with Crippen molar-refractivity contribution in [1.29, 1.82) is 0 Å². The van der Waals surface area contributed by atoms with E-state index in [2.05, 4.69) is 5.32 Å². The fraction of sp³-hybridized carbons (Fsp3) is 0.348. The molecule has 0 spiro atoms. The van der Waals surface area contributed by atoms with Crippen molar-refractivity contribution in [3.05, 3.63) is 48.0 Å². The van der Waals surface area contributed by atoms with Crippen LogP contribution in [-0.4, -0.2) is 55.1 Å². The smallest absolute Gasteiger partial charge is 0.253 e. The molecular formula is C23H25N3O4S. The number of hydrogen-bond donors (Lipinski definition) is 1. The molecule has 0 saturated carbocycles. The van der Waals surface area contributed by atoms with E-state index in [1.165, 1.54) is 16.7 Å². The van der Waals surface area contributed by atoms with Gasteiger partial charge in [-0.25, -0.2) is 0 Å². The fourth-order valence-corrected chi connectivity index (χ4v) is 4.72. The highest BCUT2D eigenvalue weighted by Crippen LogP contribution is 2.36. The largest absolute Gasteiger partial charge is 0.497 e. The summed E-state index contributed by atoms with van der Waals surface area (Å²) in [6.07, 6.45) is 3.18. The number of carbonyl (C=O) groups excluding carboxylic acids is 3. The molecule has 31 heavy (non-hydrogen) atoms. The summed E-state index contributed by atoms with van der Waals surface area (Å²) in [5, 5.41) is 2.81. The fourth-order valence-electron chi connectivity index (χ4n) is 3.81. The molecule has 1 fully saturated rings. The van der Waals surface area contributed by atoms with Crippen LogP contribution < -0.4 is 15.0 Å². The van der Waals surface area contributed by atoms with Gasteiger partial charge in [-0.3, -0.25) is 14.4 Å². The Morgan fingerprint density at radius 2 is 1.81 bits per heavy atom. The SMILES string of the molecule is COc1ccc(NC(=O)CN2C(=O)CSc3ccc(C(=O)N4CCCCC4)cc32)cc1. The second kappa shape index (κ2) is 9.43. The Kier molecular flexibility index (Phi) is 6.46. The maximum absolute atomic E-state index is 12.9. The number of carbonyl (C=O) groups is 3. The Morgan fingerprint density at radius 1 is 1.06 bits per heavy atom. The van der Waals surface area contributed by atoms with Crippen LogP contribution >= 0.6 is 11.8 Å². The van der Waals surface area contributed by atoms with E-state index in [0.29, 0.717) is 22.7 Å². The third kappa shape index (κ3) is 4.85. The van der Waals surface area contributed by atoms with E-state index in [0.717, 1.165) is 37.2 Å². The Hall–Kier alpha value is -3.00. The monoisotopic (exact) mass is 439 g/mol. The van der Waals surface area contributed by atoms with Gasteiger partial charge < -0.3 is 19.9 Å². The summed E-state index contributed by atoms with van der Waals surface area (Å²) >= 11 is 1.43. The van der Waals surface area contributed by atoms with Gasteiger partial charge in [-0.05, 0) is 61.7 Å². The number of ether oxygens (including phenoxy) is 1. The molecule has 0 radical (unpaired) electrons. The summed E-state index contributed by atoms with van der Waals surface area (Å²) in [5.41, 5.74) is 1.80. The van der Waals surface area contributed by atoms with Crippen LogP contribution in [0.25, 0.3) is 0 Å². The minimum atomic E-state index is -0.302. The van der Waals surface area contributed by atoms with Crippen molar-refractivity contribution in [1.82, 2.24) is 4.90 Å². The Bertz CT molecular complexity index is 987. The standard InChI is InChI=1S/C23H25N3O4S/c1-30-18-8-6-17(7-9-18)24-21(27)14-26-19-13-16(5-10-20(19)31-15-22(26)28)23(29)25-11-3-2-4-12-25/h5-10,13H,2-4,11-12,14-15H2,1H3,(H,24,27). The van der Waals surface area contributed by atoms with E-state index in [4.69, 9.17) is 4.74 Å². The van der Waals surface area contributed by atoms with Gasteiger partial charge in [0.2, 0.25) is 11.8 Å². The molecule has 0 bridgehead atoms. The van der Waals surface area contributed by atoms with E-state index in [-0.39, 0.29) is 30.0 Å². The molecule has 4 rings (SSSR count). The van der Waals surface area contributed by atoms with Crippen molar-refractivity contribution in [2.24, 2.45) is 0 Å². The van der Waals surface area contributed by atoms with Crippen molar-refractivity contribution < 1.29 is 19.1 Å². The minimum Gasteiger partial charge on any atom is -0.497 e. The molecule has 2 aliphatic heterocycles. The molecular weight excluding hydrogens is 414 g/mol. The highest BCUT2D eigenvalue weighted by atomic mass is 32.2. The molecule has 0 aliphatic carbocycles. The van der Waals surface area contributed by atoms with Crippen molar-refractivity contribution in [2.45, 2.75) is 24.2 Å². The summed E-state index contributed by atoms with van der Waals surface area (Å²) in [6.45, 7) is 1.41. The summed E-state index contributed by atoms with van der Waals surface area (Å²) in [7, 11) is 1.58. The third-order valence-corrected chi connectivity index (χ3v) is 6.52. The zero-order valence-electron chi connectivity index (χ0n) is 17.4. The predicted molar refractivity (Wildman–Crippen MR) is 121 cm³/mol. The highest BCUT2D eigenvalue weighted by molar-refractivity contribution is 8.00. The van der Waals surface area contributed by atoms with E-state index >= 15 is 0 Å². The lowest BCUT2D eigenvalue weighted by atomic mass is 10.1. The number of hydrogen-bond acceptors (Lipinski definition) is 5. The molecule has 162 valence electrons. The van der Waals surface area contributed by atoms with Crippen molar-refractivity contribution in [3.63, 3.8) is 0 Å². The number of nitrogens with one attached hydrogen (secondary N) is 1. The first-order chi connectivity index (χ1) is 15.0. The molecule has 3 amide bonds. The summed E-state index contributed by atoms with van der Waals surface area (Å²) in [5.74, 6) is 0.491. The average Bonchev–Trinajstić information content (AvgIpc) is 2.81. The molecule has 1 saturated heterocycles. The van der Waals surface area contributed by atoms with Gasteiger partial charge in [-0.1, -0.05) is 0 Å². The molecule has 2 aromatic rings. The molecule has 0 atom stereocenters. The van der Waals surface area contributed by atoms with Gasteiger partial charge in [0.1, 0.15) is 12.3 Å². The van der Waals surface area contributed by atoms with Crippen LogP contribution in [-0.2, 0) is 9.59 Å². The van der Waals surface area contributed by atoms with Crippen LogP contribution in [0.5, 0.6) is 5.75 Å². The Morgan fingerprint density at radius 3 is 2.52 bits per heavy atom. The predicted octanol–water partition coefficient (Wildman–Crippen LogP) is 3.40. The molecule has 2 heterocycles. The van der Waals surface area contributed by atoms with Crippen molar-refractivity contribution in [2.75, 3.05) is 42.7 Å². The third-order valence-electron chi connectivity index (χ3n) is 5.47. The number of fused-ring (bicyclic) bond motifs is 1. The lowest BCUT2D eigenvalue weighted by molar-refractivity contribution is -0.120. The molecule has 0 unspecified atom stereocenters. The van der Waals surface area contributed by atoms with Gasteiger partial charge in [0.15, 0.2) is 0 Å². The van der Waals surface area contributed by atoms with Gasteiger partial charge in [0.25, 0.3) is 5.91 Å². The average molecular weight is 440 g/mol. The first-order valence-electron chi connectivity index (χ1n) is 10.4. The lowest BCUT2D eigenvalue weighted by Gasteiger charge is -2.30. The summed E-state index contributed by atoms with van der Waals surface area (Å²) < 4.78 is 5.12. The minimum absolute atomic E-state index is 0.0202. The number of nitrogens with zero attached hydrogens (tertiary/aromatic N) is 2. The van der Waals surface area contributed by atoms with Crippen LogP contribution in [0.2, 0.25) is 0 Å². The van der Waals surface area contributed by atoms with E-state index < -0.39 is 0 Å². The molecule has 2 aromatic carbocycles. The van der Waals surface area contributed by atoms with Crippen molar-refractivity contribution in [3.8, 4) is 5.75 Å². The van der Waals surface area contributed by atoms with Gasteiger partial charge in [-0.2, -0.15) is 0 Å². The maximum Gasteiger partial charge on any atom is 0.253 e. The maximum atomic E-state index is 12.9. The Balaban J connectivity index is 1.51. The number of anilines is 2. The number of methoxy groups -OCH3 is 1. The van der Waals surface area contributed by atoms with Gasteiger partial charge >= 0.3 is 0 Å². The van der Waals surface area contributed by atoms with Gasteiger partial charge in [0, 0.05) is 29.2 Å². The van der Waals surface area contributed by atoms with Crippen LogP contribution in [0.1, 0.15) is 29.6 Å². The van der Waals surface area contributed by atoms with Crippen LogP contribution in [0.15, 0.2) is 47.4 Å². The zero-order chi connectivity index (χ0) is 21.8. The quantitative estimate of drug-likeness (QED) is 0.773. The van der Waals surface area contributed by atoms with Gasteiger partial charge in [-0.15, -0.1) is 11.8 Å². The van der Waals surface area contributed by atoms with Gasteiger partial charge in [0.05, 0.1) is 18.6 Å². The van der Waals surface area contributed by atoms with E-state index in [1.807, 2.05) is 17.0 Å². The first kappa shape index (κ1) is 21.2. The second-order valence-corrected chi connectivity index (χ2v) is 8.60. The van der Waals surface area contributed by atoms with Crippen molar-refractivity contribution >= 4 is 40.9 Å². The number of amides is 3. The number of piperidine rings is 1. The van der Waals surface area contributed by atoms with Crippen LogP contribution in [0, 0.1) is 0 Å². The normalized spacial score (nSPS) is 16.0. The van der Waals surface area contributed by atoms with Crippen LogP contribution in [0.3, 0.4) is 0 Å². The number of likely N-dealkylation sites (tertiary alicyclic amines) is 1. The summed E-state index contributed by atoms with van der Waals surface area (Å²) in [4.78, 5) is 42.4. The lowest BCUT2D eigenvalue weighted by Crippen LogP contribution is -2.41. The zero-order valence-corrected chi connectivity index (χ0v) is 18.2. The Labute approximate surface area is 185 Å². The number of thioether (sulfide) groups is 1. The molecule has 7 nitrogen and oxygen atoms in total. The molecule has 8 heteroatoms. The number of benzene rings is 2. The van der Waals surface area contributed by atoms with Crippen LogP contribution in [0.4, 0.5) is 11.4 Å². The highest BCUT2D eigenvalue weighted by Gasteiger charge is 2.28. The molecule has 2 aliphatic rings. The number of rotatable bonds is 5.